The summed E-state index contributed by atoms with van der Waals surface area (Å²) in [5.41, 5.74) is 0.0889. The van der Waals surface area contributed by atoms with E-state index in [4.69, 9.17) is 0 Å². The Kier molecular flexibility index (Phi) is 4.86. The summed E-state index contributed by atoms with van der Waals surface area (Å²) in [6.45, 7) is 4.54. The van der Waals surface area contributed by atoms with Crippen molar-refractivity contribution in [3.05, 3.63) is 0 Å². The number of hydrogen-bond donors (Lipinski definition) is 0. The molecule has 18 heavy (non-hydrogen) atoms. The summed E-state index contributed by atoms with van der Waals surface area (Å²) >= 11 is 0. The SMILES string of the molecule is CC(C)CC1(C(=O)CC2CCCCC2)CCCC1. The quantitative estimate of drug-likeness (QED) is 0.661. The molecule has 1 heteroatoms. The third-order valence-corrected chi connectivity index (χ3v) is 5.15. The van der Waals surface area contributed by atoms with Crippen molar-refractivity contribution >= 4 is 5.78 Å². The van der Waals surface area contributed by atoms with Gasteiger partial charge >= 0.3 is 0 Å². The van der Waals surface area contributed by atoms with Crippen LogP contribution in [-0.4, -0.2) is 5.78 Å². The van der Waals surface area contributed by atoms with Gasteiger partial charge in [0.15, 0.2) is 0 Å². The lowest BCUT2D eigenvalue weighted by molar-refractivity contribution is -0.130. The van der Waals surface area contributed by atoms with Crippen LogP contribution in [0.4, 0.5) is 0 Å². The lowest BCUT2D eigenvalue weighted by Gasteiger charge is -2.32. The highest BCUT2D eigenvalue weighted by Gasteiger charge is 2.41. The molecular formula is C17H30O. The van der Waals surface area contributed by atoms with Crippen molar-refractivity contribution < 1.29 is 4.79 Å². The highest BCUT2D eigenvalue weighted by molar-refractivity contribution is 5.85. The van der Waals surface area contributed by atoms with Gasteiger partial charge in [0.1, 0.15) is 5.78 Å². The summed E-state index contributed by atoms with van der Waals surface area (Å²) in [6.07, 6.45) is 13.7. The standard InChI is InChI=1S/C17H30O/c1-14(2)13-17(10-6-7-11-17)16(18)12-15-8-4-3-5-9-15/h14-15H,3-13H2,1-2H3. The van der Waals surface area contributed by atoms with Crippen molar-refractivity contribution in [1.29, 1.82) is 0 Å². The molecular weight excluding hydrogens is 220 g/mol. The Balaban J connectivity index is 1.95. The van der Waals surface area contributed by atoms with Gasteiger partial charge in [0.05, 0.1) is 0 Å². The van der Waals surface area contributed by atoms with E-state index in [-0.39, 0.29) is 5.41 Å². The summed E-state index contributed by atoms with van der Waals surface area (Å²) in [7, 11) is 0. The average molecular weight is 250 g/mol. The summed E-state index contributed by atoms with van der Waals surface area (Å²) in [5.74, 6) is 2.01. The van der Waals surface area contributed by atoms with Gasteiger partial charge < -0.3 is 0 Å². The van der Waals surface area contributed by atoms with Gasteiger partial charge in [-0.1, -0.05) is 58.8 Å². The van der Waals surface area contributed by atoms with Crippen molar-refractivity contribution in [3.8, 4) is 0 Å². The molecule has 0 aromatic rings. The van der Waals surface area contributed by atoms with Crippen LogP contribution in [-0.2, 0) is 4.79 Å². The lowest BCUT2D eigenvalue weighted by Crippen LogP contribution is -2.31. The molecule has 0 aliphatic heterocycles. The van der Waals surface area contributed by atoms with E-state index in [9.17, 15) is 4.79 Å². The first-order chi connectivity index (χ1) is 8.62. The van der Waals surface area contributed by atoms with E-state index in [1.54, 1.807) is 0 Å². The average Bonchev–Trinajstić information content (AvgIpc) is 2.79. The fourth-order valence-corrected chi connectivity index (χ4v) is 4.30. The summed E-state index contributed by atoms with van der Waals surface area (Å²) in [5, 5.41) is 0. The van der Waals surface area contributed by atoms with Crippen LogP contribution in [0.2, 0.25) is 0 Å². The molecule has 0 N–H and O–H groups in total. The molecule has 0 radical (unpaired) electrons. The minimum Gasteiger partial charge on any atom is -0.299 e. The Bertz CT molecular complexity index is 267. The Labute approximate surface area is 113 Å². The normalized spacial score (nSPS) is 24.6. The van der Waals surface area contributed by atoms with Gasteiger partial charge in [0.2, 0.25) is 0 Å². The second-order valence-corrected chi connectivity index (χ2v) is 7.22. The van der Waals surface area contributed by atoms with Gasteiger partial charge in [0, 0.05) is 11.8 Å². The van der Waals surface area contributed by atoms with Crippen molar-refractivity contribution in [2.45, 2.75) is 84.5 Å². The summed E-state index contributed by atoms with van der Waals surface area (Å²) in [6, 6.07) is 0. The molecule has 0 saturated heterocycles. The van der Waals surface area contributed by atoms with Crippen molar-refractivity contribution in [2.75, 3.05) is 0 Å². The van der Waals surface area contributed by atoms with E-state index >= 15 is 0 Å². The first-order valence-corrected chi connectivity index (χ1v) is 8.16. The molecule has 0 bridgehead atoms. The van der Waals surface area contributed by atoms with Crippen LogP contribution in [0.5, 0.6) is 0 Å². The monoisotopic (exact) mass is 250 g/mol. The first kappa shape index (κ1) is 14.1. The number of ketones is 1. The van der Waals surface area contributed by atoms with Crippen molar-refractivity contribution in [2.24, 2.45) is 17.3 Å². The third kappa shape index (κ3) is 3.36. The van der Waals surface area contributed by atoms with Gasteiger partial charge in [-0.2, -0.15) is 0 Å². The van der Waals surface area contributed by atoms with Crippen molar-refractivity contribution in [3.63, 3.8) is 0 Å². The molecule has 104 valence electrons. The van der Waals surface area contributed by atoms with Crippen molar-refractivity contribution in [1.82, 2.24) is 0 Å². The first-order valence-electron chi connectivity index (χ1n) is 8.16. The molecule has 0 spiro atoms. The molecule has 2 saturated carbocycles. The van der Waals surface area contributed by atoms with Crippen LogP contribution in [0, 0.1) is 17.3 Å². The topological polar surface area (TPSA) is 17.1 Å². The van der Waals surface area contributed by atoms with E-state index in [1.165, 1.54) is 57.8 Å². The van der Waals surface area contributed by atoms with E-state index < -0.39 is 0 Å². The number of carbonyl (C=O) groups excluding carboxylic acids is 1. The lowest BCUT2D eigenvalue weighted by atomic mass is 9.71. The Morgan fingerprint density at radius 2 is 1.67 bits per heavy atom. The number of carbonyl (C=O) groups is 1. The molecule has 1 nitrogen and oxygen atoms in total. The molecule has 2 rings (SSSR count). The third-order valence-electron chi connectivity index (χ3n) is 5.15. The Morgan fingerprint density at radius 3 is 2.22 bits per heavy atom. The second kappa shape index (κ2) is 6.21. The van der Waals surface area contributed by atoms with Crippen LogP contribution in [0.15, 0.2) is 0 Å². The van der Waals surface area contributed by atoms with Gasteiger partial charge in [-0.15, -0.1) is 0 Å². The maximum Gasteiger partial charge on any atom is 0.139 e. The highest BCUT2D eigenvalue weighted by atomic mass is 16.1. The van der Waals surface area contributed by atoms with Crippen LogP contribution in [0.25, 0.3) is 0 Å². The minimum atomic E-state index is 0.0889. The Morgan fingerprint density at radius 1 is 1.06 bits per heavy atom. The van der Waals surface area contributed by atoms with Gasteiger partial charge in [-0.05, 0) is 31.1 Å². The molecule has 0 heterocycles. The van der Waals surface area contributed by atoms with E-state index in [0.717, 1.165) is 18.8 Å². The molecule has 0 atom stereocenters. The Hall–Kier alpha value is -0.330. The fraction of sp³-hybridized carbons (Fsp3) is 0.941. The molecule has 0 amide bonds. The highest BCUT2D eigenvalue weighted by Crippen LogP contribution is 2.45. The molecule has 2 aliphatic rings. The predicted molar refractivity (Wildman–Crippen MR) is 76.6 cm³/mol. The smallest absolute Gasteiger partial charge is 0.139 e. The summed E-state index contributed by atoms with van der Waals surface area (Å²) in [4.78, 5) is 12.8. The number of Topliss-reactive ketones (excluding diaryl/α,β-unsaturated/α-hetero) is 1. The minimum absolute atomic E-state index is 0.0889. The number of rotatable bonds is 5. The van der Waals surface area contributed by atoms with Crippen LogP contribution >= 0.6 is 0 Å². The van der Waals surface area contributed by atoms with E-state index in [1.807, 2.05) is 0 Å². The van der Waals surface area contributed by atoms with Crippen LogP contribution in [0.1, 0.15) is 84.5 Å². The maximum absolute atomic E-state index is 12.8. The molecule has 0 aromatic carbocycles. The van der Waals surface area contributed by atoms with E-state index in [0.29, 0.717) is 11.7 Å². The molecule has 0 aromatic heterocycles. The molecule has 0 unspecified atom stereocenters. The van der Waals surface area contributed by atoms with Gasteiger partial charge in [-0.25, -0.2) is 0 Å². The zero-order valence-electron chi connectivity index (χ0n) is 12.3. The van der Waals surface area contributed by atoms with E-state index in [2.05, 4.69) is 13.8 Å². The zero-order valence-corrected chi connectivity index (χ0v) is 12.3. The van der Waals surface area contributed by atoms with Gasteiger partial charge in [0.25, 0.3) is 0 Å². The van der Waals surface area contributed by atoms with Gasteiger partial charge in [-0.3, -0.25) is 4.79 Å². The predicted octanol–water partition coefficient (Wildman–Crippen LogP) is 5.13. The second-order valence-electron chi connectivity index (χ2n) is 7.22. The largest absolute Gasteiger partial charge is 0.299 e. The van der Waals surface area contributed by atoms with Crippen LogP contribution < -0.4 is 0 Å². The number of hydrogen-bond acceptors (Lipinski definition) is 1. The summed E-state index contributed by atoms with van der Waals surface area (Å²) < 4.78 is 0. The molecule has 2 fully saturated rings. The van der Waals surface area contributed by atoms with Crippen LogP contribution in [0.3, 0.4) is 0 Å². The maximum atomic E-state index is 12.8. The zero-order chi connectivity index (χ0) is 13.0. The molecule has 2 aliphatic carbocycles. The fourth-order valence-electron chi connectivity index (χ4n) is 4.30.